The minimum absolute atomic E-state index is 0.192. The number of aromatic nitrogens is 2. The van der Waals surface area contributed by atoms with Crippen LogP contribution in [0.5, 0.6) is 0 Å². The van der Waals surface area contributed by atoms with E-state index >= 15 is 0 Å². The first-order valence-electron chi connectivity index (χ1n) is 6.50. The molecule has 0 bridgehead atoms. The maximum absolute atomic E-state index is 12.6. The van der Waals surface area contributed by atoms with Crippen LogP contribution >= 0.6 is 0 Å². The average Bonchev–Trinajstić information content (AvgIpc) is 2.46. The third-order valence-corrected chi connectivity index (χ3v) is 3.44. The van der Waals surface area contributed by atoms with Crippen molar-refractivity contribution in [3.63, 3.8) is 0 Å². The van der Waals surface area contributed by atoms with Crippen LogP contribution in [-0.2, 0) is 0 Å². The summed E-state index contributed by atoms with van der Waals surface area (Å²) >= 11 is 0. The van der Waals surface area contributed by atoms with E-state index in [4.69, 9.17) is 0 Å². The molecule has 1 aliphatic heterocycles. The van der Waals surface area contributed by atoms with Gasteiger partial charge in [0.05, 0.1) is 0 Å². The molecule has 1 fully saturated rings. The van der Waals surface area contributed by atoms with E-state index in [2.05, 4.69) is 15.3 Å². The lowest BCUT2D eigenvalue weighted by Crippen LogP contribution is -2.55. The lowest BCUT2D eigenvalue weighted by atomic mass is 10.2. The van der Waals surface area contributed by atoms with Crippen molar-refractivity contribution >= 4 is 11.8 Å². The molecule has 1 aliphatic rings. The van der Waals surface area contributed by atoms with Crippen LogP contribution in [-0.4, -0.2) is 64.2 Å². The van der Waals surface area contributed by atoms with Gasteiger partial charge in [0.2, 0.25) is 0 Å². The number of alkyl halides is 3. The molecular weight excluding hydrogens is 287 g/mol. The minimum Gasteiger partial charge on any atom is -0.322 e. The Morgan fingerprint density at radius 3 is 2.52 bits per heavy atom. The molecule has 1 aromatic heterocycles. The molecule has 2 rings (SSSR count). The fourth-order valence-corrected chi connectivity index (χ4v) is 2.07. The summed E-state index contributed by atoms with van der Waals surface area (Å²) in [6, 6.07) is -0.322. The van der Waals surface area contributed by atoms with Gasteiger partial charge in [-0.2, -0.15) is 13.2 Å². The van der Waals surface area contributed by atoms with Gasteiger partial charge >= 0.3 is 12.2 Å². The van der Waals surface area contributed by atoms with Gasteiger partial charge in [0.15, 0.2) is 0 Å². The van der Waals surface area contributed by atoms with E-state index < -0.39 is 12.2 Å². The maximum atomic E-state index is 12.6. The van der Waals surface area contributed by atoms with E-state index in [0.29, 0.717) is 5.82 Å². The van der Waals surface area contributed by atoms with Gasteiger partial charge in [-0.05, 0) is 13.0 Å². The van der Waals surface area contributed by atoms with Crippen LogP contribution in [0.1, 0.15) is 6.92 Å². The highest BCUT2D eigenvalue weighted by Gasteiger charge is 2.41. The molecule has 6 nitrogen and oxygen atoms in total. The van der Waals surface area contributed by atoms with Gasteiger partial charge in [-0.1, -0.05) is 0 Å². The van der Waals surface area contributed by atoms with Gasteiger partial charge in [-0.25, -0.2) is 14.8 Å². The first-order valence-corrected chi connectivity index (χ1v) is 6.50. The molecule has 0 saturated carbocycles. The highest BCUT2D eigenvalue weighted by molar-refractivity contribution is 5.88. The van der Waals surface area contributed by atoms with Gasteiger partial charge in [0.25, 0.3) is 0 Å². The lowest BCUT2D eigenvalue weighted by Gasteiger charge is -2.38. The molecule has 1 aromatic rings. The number of piperazine rings is 1. The molecule has 2 heterocycles. The second-order valence-corrected chi connectivity index (χ2v) is 4.77. The van der Waals surface area contributed by atoms with Crippen LogP contribution in [0.4, 0.5) is 23.8 Å². The van der Waals surface area contributed by atoms with E-state index in [1.165, 1.54) is 22.3 Å². The Kier molecular flexibility index (Phi) is 4.61. The van der Waals surface area contributed by atoms with Gasteiger partial charge in [-0.15, -0.1) is 0 Å². The highest BCUT2D eigenvalue weighted by Crippen LogP contribution is 2.25. The molecule has 0 spiro atoms. The number of halogens is 3. The van der Waals surface area contributed by atoms with Crippen molar-refractivity contribution in [1.82, 2.24) is 19.8 Å². The number of hydrogen-bond donors (Lipinski definition) is 1. The molecule has 9 heteroatoms. The van der Waals surface area contributed by atoms with Gasteiger partial charge in [0, 0.05) is 32.4 Å². The normalized spacial score (nSPS) is 18.4. The Morgan fingerprint density at radius 2 is 2.00 bits per heavy atom. The number of hydrogen-bond acceptors (Lipinski definition) is 4. The predicted molar refractivity (Wildman–Crippen MR) is 69.7 cm³/mol. The minimum atomic E-state index is -4.24. The summed E-state index contributed by atoms with van der Waals surface area (Å²) in [5, 5.41) is 2.58. The summed E-state index contributed by atoms with van der Waals surface area (Å²) in [6.45, 7) is 2.01. The molecule has 0 aromatic carbocycles. The quantitative estimate of drug-likeness (QED) is 0.901. The smallest absolute Gasteiger partial charge is 0.322 e. The lowest BCUT2D eigenvalue weighted by molar-refractivity contribution is -0.181. The van der Waals surface area contributed by atoms with Crippen LogP contribution in [0.25, 0.3) is 0 Å². The van der Waals surface area contributed by atoms with E-state index in [1.54, 1.807) is 6.07 Å². The molecule has 1 unspecified atom stereocenters. The number of carbonyl (C=O) groups excluding carboxylic acids is 1. The molecule has 2 amide bonds. The van der Waals surface area contributed by atoms with Crippen molar-refractivity contribution in [1.29, 1.82) is 0 Å². The van der Waals surface area contributed by atoms with Crippen molar-refractivity contribution in [2.45, 2.75) is 19.1 Å². The molecule has 116 valence electrons. The Bertz CT molecular complexity index is 474. The number of carbonyl (C=O) groups is 1. The van der Waals surface area contributed by atoms with Gasteiger partial charge in [0.1, 0.15) is 18.2 Å². The van der Waals surface area contributed by atoms with E-state index in [0.717, 1.165) is 6.92 Å². The SMILES string of the molecule is CC(N1CCN(C(=O)Nc2ccncn2)CC1)C(F)(F)F. The van der Waals surface area contributed by atoms with Crippen LogP contribution < -0.4 is 5.32 Å². The summed E-state index contributed by atoms with van der Waals surface area (Å²) in [5.74, 6) is 0.362. The summed E-state index contributed by atoms with van der Waals surface area (Å²) in [6.07, 6.45) is -1.45. The standard InChI is InChI=1S/C12H16F3N5O/c1-9(12(13,14)15)19-4-6-20(7-5-19)11(21)18-10-2-3-16-8-17-10/h2-3,8-9H,4-7H2,1H3,(H,16,17,18,21). The largest absolute Gasteiger partial charge is 0.403 e. The highest BCUT2D eigenvalue weighted by atomic mass is 19.4. The summed E-state index contributed by atoms with van der Waals surface area (Å²) in [4.78, 5) is 22.3. The Labute approximate surface area is 120 Å². The zero-order valence-corrected chi connectivity index (χ0v) is 11.5. The zero-order valence-electron chi connectivity index (χ0n) is 11.5. The third kappa shape index (κ3) is 4.03. The molecule has 0 aliphatic carbocycles. The van der Waals surface area contributed by atoms with Crippen LogP contribution in [0.15, 0.2) is 18.6 Å². The van der Waals surface area contributed by atoms with Crippen molar-refractivity contribution in [2.75, 3.05) is 31.5 Å². The summed E-state index contributed by atoms with van der Waals surface area (Å²) < 4.78 is 37.9. The summed E-state index contributed by atoms with van der Waals surface area (Å²) in [7, 11) is 0. The number of nitrogens with zero attached hydrogens (tertiary/aromatic N) is 4. The second-order valence-electron chi connectivity index (χ2n) is 4.77. The molecule has 1 atom stereocenters. The fraction of sp³-hybridized carbons (Fsp3) is 0.583. The van der Waals surface area contributed by atoms with Gasteiger partial charge in [-0.3, -0.25) is 10.2 Å². The summed E-state index contributed by atoms with van der Waals surface area (Å²) in [5.41, 5.74) is 0. The number of anilines is 1. The average molecular weight is 303 g/mol. The maximum Gasteiger partial charge on any atom is 0.403 e. The molecule has 21 heavy (non-hydrogen) atoms. The number of rotatable bonds is 2. The second kappa shape index (κ2) is 6.25. The third-order valence-electron chi connectivity index (χ3n) is 3.44. The van der Waals surface area contributed by atoms with Gasteiger partial charge < -0.3 is 4.90 Å². The van der Waals surface area contributed by atoms with Crippen LogP contribution in [0, 0.1) is 0 Å². The molecule has 0 radical (unpaired) electrons. The van der Waals surface area contributed by atoms with E-state index in [1.807, 2.05) is 0 Å². The van der Waals surface area contributed by atoms with E-state index in [-0.39, 0.29) is 32.2 Å². The van der Waals surface area contributed by atoms with E-state index in [9.17, 15) is 18.0 Å². The van der Waals surface area contributed by atoms with Crippen LogP contribution in [0.2, 0.25) is 0 Å². The number of nitrogens with one attached hydrogen (secondary N) is 1. The Balaban J connectivity index is 1.85. The number of amides is 2. The first-order chi connectivity index (χ1) is 9.88. The fourth-order valence-electron chi connectivity index (χ4n) is 2.07. The van der Waals surface area contributed by atoms with Crippen molar-refractivity contribution in [2.24, 2.45) is 0 Å². The first kappa shape index (κ1) is 15.5. The monoisotopic (exact) mass is 303 g/mol. The molecule has 1 N–H and O–H groups in total. The Hall–Kier alpha value is -1.90. The molecular formula is C12H16F3N5O. The van der Waals surface area contributed by atoms with Crippen molar-refractivity contribution < 1.29 is 18.0 Å². The van der Waals surface area contributed by atoms with Crippen molar-refractivity contribution in [3.8, 4) is 0 Å². The number of urea groups is 1. The van der Waals surface area contributed by atoms with Crippen molar-refractivity contribution in [3.05, 3.63) is 18.6 Å². The predicted octanol–water partition coefficient (Wildman–Crippen LogP) is 1.58. The Morgan fingerprint density at radius 1 is 1.33 bits per heavy atom. The topological polar surface area (TPSA) is 61.4 Å². The molecule has 1 saturated heterocycles. The van der Waals surface area contributed by atoms with Crippen LogP contribution in [0.3, 0.4) is 0 Å². The zero-order chi connectivity index (χ0) is 15.5.